The van der Waals surface area contributed by atoms with Gasteiger partial charge < -0.3 is 11.5 Å². The minimum Gasteiger partial charge on any atom is -0.398 e. The topological polar surface area (TPSA) is 52.0 Å². The normalized spacial score (nSPS) is 18.8. The van der Waals surface area contributed by atoms with E-state index in [0.717, 1.165) is 34.0 Å². The highest BCUT2D eigenvalue weighted by Crippen LogP contribution is 2.48. The van der Waals surface area contributed by atoms with E-state index in [1.54, 1.807) is 0 Å². The summed E-state index contributed by atoms with van der Waals surface area (Å²) >= 11 is 9.07. The SMILES string of the molecule is CC1CCCC(c2ccc(N)c(S)c2)(c2ccc(N)c(S)c2)C1.Cl.Cl. The van der Waals surface area contributed by atoms with Crippen molar-refractivity contribution in [1.82, 2.24) is 0 Å². The molecule has 0 heterocycles. The Morgan fingerprint density at radius 3 is 1.80 bits per heavy atom. The maximum Gasteiger partial charge on any atom is 0.0449 e. The number of nitrogens with two attached hydrogens (primary N) is 2. The molecule has 1 atom stereocenters. The first-order valence-corrected chi connectivity index (χ1v) is 9.00. The third-order valence-corrected chi connectivity index (χ3v) is 5.94. The van der Waals surface area contributed by atoms with Gasteiger partial charge in [0, 0.05) is 26.6 Å². The van der Waals surface area contributed by atoms with Gasteiger partial charge in [-0.25, -0.2) is 0 Å². The lowest BCUT2D eigenvalue weighted by atomic mass is 9.62. The van der Waals surface area contributed by atoms with Crippen LogP contribution in [0.4, 0.5) is 11.4 Å². The summed E-state index contributed by atoms with van der Waals surface area (Å²) in [6, 6.07) is 12.5. The number of benzene rings is 2. The molecular formula is C19H26Cl2N2S2. The zero-order chi connectivity index (χ0) is 16.6. The largest absolute Gasteiger partial charge is 0.398 e. The van der Waals surface area contributed by atoms with Gasteiger partial charge in [-0.1, -0.05) is 31.9 Å². The van der Waals surface area contributed by atoms with Crippen molar-refractivity contribution >= 4 is 61.4 Å². The molecule has 3 rings (SSSR count). The number of nitrogen functional groups attached to an aromatic ring is 2. The summed E-state index contributed by atoms with van der Waals surface area (Å²) in [5, 5.41) is 0. The monoisotopic (exact) mass is 416 g/mol. The average molecular weight is 417 g/mol. The molecule has 1 fully saturated rings. The van der Waals surface area contributed by atoms with Crippen LogP contribution in [0.5, 0.6) is 0 Å². The van der Waals surface area contributed by atoms with Gasteiger partial charge in [0.05, 0.1) is 0 Å². The van der Waals surface area contributed by atoms with Gasteiger partial charge in [-0.15, -0.1) is 50.1 Å². The summed E-state index contributed by atoms with van der Waals surface area (Å²) in [6.45, 7) is 2.34. The van der Waals surface area contributed by atoms with Crippen LogP contribution in [0, 0.1) is 5.92 Å². The van der Waals surface area contributed by atoms with E-state index < -0.39 is 0 Å². The van der Waals surface area contributed by atoms with Crippen molar-refractivity contribution in [3.63, 3.8) is 0 Å². The van der Waals surface area contributed by atoms with Crippen molar-refractivity contribution in [2.45, 2.75) is 47.8 Å². The van der Waals surface area contributed by atoms with Crippen molar-refractivity contribution in [3.8, 4) is 0 Å². The lowest BCUT2D eigenvalue weighted by Crippen LogP contribution is -2.33. The van der Waals surface area contributed by atoms with Gasteiger partial charge in [0.15, 0.2) is 0 Å². The van der Waals surface area contributed by atoms with Gasteiger partial charge in [-0.3, -0.25) is 0 Å². The number of thiol groups is 2. The van der Waals surface area contributed by atoms with Crippen molar-refractivity contribution in [2.24, 2.45) is 5.92 Å². The van der Waals surface area contributed by atoms with Crippen LogP contribution in [0.3, 0.4) is 0 Å². The van der Waals surface area contributed by atoms with Gasteiger partial charge in [0.25, 0.3) is 0 Å². The first-order chi connectivity index (χ1) is 10.9. The van der Waals surface area contributed by atoms with Crippen LogP contribution >= 0.6 is 50.1 Å². The number of anilines is 2. The minimum absolute atomic E-state index is 0. The number of hydrogen-bond donors (Lipinski definition) is 4. The van der Waals surface area contributed by atoms with Crippen molar-refractivity contribution in [2.75, 3.05) is 11.5 Å². The molecule has 1 aliphatic carbocycles. The maximum atomic E-state index is 5.97. The first-order valence-electron chi connectivity index (χ1n) is 8.10. The van der Waals surface area contributed by atoms with E-state index in [-0.39, 0.29) is 30.2 Å². The van der Waals surface area contributed by atoms with Gasteiger partial charge in [-0.2, -0.15) is 0 Å². The average Bonchev–Trinajstić information content (AvgIpc) is 2.52. The van der Waals surface area contributed by atoms with Crippen molar-refractivity contribution < 1.29 is 0 Å². The molecule has 0 aliphatic heterocycles. The molecule has 6 heteroatoms. The Kier molecular flexibility index (Phi) is 7.88. The molecule has 1 aliphatic rings. The van der Waals surface area contributed by atoms with Crippen LogP contribution in [0.1, 0.15) is 43.7 Å². The first kappa shape index (κ1) is 22.4. The molecule has 2 aromatic carbocycles. The highest BCUT2D eigenvalue weighted by molar-refractivity contribution is 7.80. The molecule has 0 amide bonds. The van der Waals surface area contributed by atoms with Gasteiger partial charge in [0.1, 0.15) is 0 Å². The molecule has 4 N–H and O–H groups in total. The molecule has 0 saturated heterocycles. The molecule has 138 valence electrons. The molecule has 0 aromatic heterocycles. The van der Waals surface area contributed by atoms with E-state index in [2.05, 4.69) is 56.4 Å². The zero-order valence-electron chi connectivity index (χ0n) is 14.2. The fourth-order valence-electron chi connectivity index (χ4n) is 3.93. The molecule has 0 radical (unpaired) electrons. The quantitative estimate of drug-likeness (QED) is 0.371. The summed E-state index contributed by atoms with van der Waals surface area (Å²) in [7, 11) is 0. The van der Waals surface area contributed by atoms with Crippen LogP contribution in [0.15, 0.2) is 46.2 Å². The van der Waals surface area contributed by atoms with Crippen LogP contribution in [-0.2, 0) is 5.41 Å². The maximum absolute atomic E-state index is 5.97. The van der Waals surface area contributed by atoms with E-state index in [4.69, 9.17) is 11.5 Å². The fraction of sp³-hybridized carbons (Fsp3) is 0.368. The molecule has 1 unspecified atom stereocenters. The Hall–Kier alpha value is -0.680. The highest BCUT2D eigenvalue weighted by atomic mass is 35.5. The number of rotatable bonds is 2. The minimum atomic E-state index is -0.00593. The van der Waals surface area contributed by atoms with Crippen LogP contribution in [0.25, 0.3) is 0 Å². The van der Waals surface area contributed by atoms with Gasteiger partial charge >= 0.3 is 0 Å². The Bertz CT molecular complexity index is 686. The van der Waals surface area contributed by atoms with E-state index in [9.17, 15) is 0 Å². The van der Waals surface area contributed by atoms with E-state index >= 15 is 0 Å². The Morgan fingerprint density at radius 2 is 1.40 bits per heavy atom. The predicted molar refractivity (Wildman–Crippen MR) is 119 cm³/mol. The number of halogens is 2. The smallest absolute Gasteiger partial charge is 0.0449 e. The molecule has 2 aromatic rings. The van der Waals surface area contributed by atoms with Crippen LogP contribution in [-0.4, -0.2) is 0 Å². The Morgan fingerprint density at radius 1 is 0.920 bits per heavy atom. The molecule has 0 spiro atoms. The third-order valence-electron chi connectivity index (χ3n) is 5.16. The molecule has 2 nitrogen and oxygen atoms in total. The lowest BCUT2D eigenvalue weighted by molar-refractivity contribution is 0.272. The molecule has 0 bridgehead atoms. The molecular weight excluding hydrogens is 391 g/mol. The van der Waals surface area contributed by atoms with Crippen molar-refractivity contribution in [3.05, 3.63) is 47.5 Å². The Balaban J connectivity index is 0.00000156. The van der Waals surface area contributed by atoms with Gasteiger partial charge in [0.2, 0.25) is 0 Å². The van der Waals surface area contributed by atoms with Crippen LogP contribution in [0.2, 0.25) is 0 Å². The van der Waals surface area contributed by atoms with E-state index in [1.165, 1.54) is 24.0 Å². The van der Waals surface area contributed by atoms with E-state index in [1.807, 2.05) is 12.1 Å². The second-order valence-corrected chi connectivity index (χ2v) is 7.79. The van der Waals surface area contributed by atoms with Crippen LogP contribution < -0.4 is 11.5 Å². The summed E-state index contributed by atoms with van der Waals surface area (Å²) in [5.74, 6) is 0.686. The third kappa shape index (κ3) is 4.36. The summed E-state index contributed by atoms with van der Waals surface area (Å²) in [6.07, 6.45) is 4.76. The molecule has 25 heavy (non-hydrogen) atoms. The highest BCUT2D eigenvalue weighted by Gasteiger charge is 2.38. The van der Waals surface area contributed by atoms with Crippen molar-refractivity contribution in [1.29, 1.82) is 0 Å². The lowest BCUT2D eigenvalue weighted by Gasteiger charge is -2.41. The number of hydrogen-bond acceptors (Lipinski definition) is 4. The van der Waals surface area contributed by atoms with E-state index in [0.29, 0.717) is 5.92 Å². The standard InChI is InChI=1S/C19H24N2S2.2ClH/c1-12-3-2-8-19(11-12,13-4-6-15(20)17(22)9-13)14-5-7-16(21)18(23)10-14;;/h4-7,9-10,12,22-23H,2-3,8,11,20-21H2,1H3;2*1H. The second kappa shape index (κ2) is 8.81. The predicted octanol–water partition coefficient (Wildman–Crippen LogP) is 5.77. The second-order valence-electron chi connectivity index (χ2n) is 6.83. The fourth-order valence-corrected chi connectivity index (χ4v) is 4.35. The summed E-state index contributed by atoms with van der Waals surface area (Å²) < 4.78 is 0. The Labute approximate surface area is 173 Å². The molecule has 1 saturated carbocycles. The summed E-state index contributed by atoms with van der Waals surface area (Å²) in [5.41, 5.74) is 16.0. The van der Waals surface area contributed by atoms with Gasteiger partial charge in [-0.05, 0) is 54.2 Å². The summed E-state index contributed by atoms with van der Waals surface area (Å²) in [4.78, 5) is 1.70. The zero-order valence-corrected chi connectivity index (χ0v) is 17.7.